The third kappa shape index (κ3) is 9.87. The second-order valence-corrected chi connectivity index (χ2v) is 7.05. The predicted octanol–water partition coefficient (Wildman–Crippen LogP) is 4.19. The molecule has 160 valence electrons. The van der Waals surface area contributed by atoms with E-state index in [-0.39, 0.29) is 11.8 Å². The van der Waals surface area contributed by atoms with Crippen molar-refractivity contribution in [1.29, 1.82) is 0 Å². The van der Waals surface area contributed by atoms with Gasteiger partial charge in [-0.2, -0.15) is 5.10 Å². The van der Waals surface area contributed by atoms with Crippen molar-refractivity contribution in [2.45, 2.75) is 52.1 Å². The minimum atomic E-state index is -0.152. The van der Waals surface area contributed by atoms with E-state index in [9.17, 15) is 9.59 Å². The van der Waals surface area contributed by atoms with E-state index < -0.39 is 0 Å². The lowest BCUT2D eigenvalue weighted by Gasteiger charge is -2.06. The fourth-order valence-corrected chi connectivity index (χ4v) is 2.69. The van der Waals surface area contributed by atoms with Crippen LogP contribution < -0.4 is 15.5 Å². The summed E-state index contributed by atoms with van der Waals surface area (Å²) in [5.41, 5.74) is 4.50. The normalized spacial score (nSPS) is 10.7. The van der Waals surface area contributed by atoms with Gasteiger partial charge in [0.2, 0.25) is 11.8 Å². The van der Waals surface area contributed by atoms with Gasteiger partial charge in [-0.15, -0.1) is 0 Å². The maximum atomic E-state index is 11.8. The Kier molecular flexibility index (Phi) is 10.7. The quantitative estimate of drug-likeness (QED) is 0.296. The maximum absolute atomic E-state index is 11.8. The number of ether oxygens (including phenoxy) is 1. The number of rotatable bonds is 13. The van der Waals surface area contributed by atoms with Crippen LogP contribution in [-0.4, -0.2) is 24.6 Å². The lowest BCUT2D eigenvalue weighted by molar-refractivity contribution is -0.123. The molecular weight excluding hydrogens is 378 g/mol. The Bertz CT molecular complexity index is 789. The van der Waals surface area contributed by atoms with Gasteiger partial charge in [-0.3, -0.25) is 9.59 Å². The van der Waals surface area contributed by atoms with Crippen LogP contribution in [-0.2, 0) is 16.2 Å². The van der Waals surface area contributed by atoms with E-state index in [2.05, 4.69) is 22.8 Å². The third-order valence-corrected chi connectivity index (χ3v) is 4.44. The van der Waals surface area contributed by atoms with Crippen LogP contribution in [0, 0.1) is 0 Å². The summed E-state index contributed by atoms with van der Waals surface area (Å²) in [7, 11) is 0. The minimum absolute atomic E-state index is 0.0538. The second-order valence-electron chi connectivity index (χ2n) is 7.05. The summed E-state index contributed by atoms with van der Waals surface area (Å²) >= 11 is 0. The number of hydrazone groups is 1. The van der Waals surface area contributed by atoms with E-state index in [4.69, 9.17) is 4.74 Å². The zero-order chi connectivity index (χ0) is 21.4. The highest BCUT2D eigenvalue weighted by Gasteiger charge is 2.03. The number of unbranched alkanes of at least 4 members (excludes halogenated alkanes) is 2. The van der Waals surface area contributed by atoms with Crippen LogP contribution in [0.5, 0.6) is 5.75 Å². The molecule has 2 amide bonds. The van der Waals surface area contributed by atoms with E-state index in [1.54, 1.807) is 6.21 Å². The molecule has 0 bridgehead atoms. The van der Waals surface area contributed by atoms with E-state index in [0.717, 1.165) is 36.3 Å². The highest BCUT2D eigenvalue weighted by Crippen LogP contribution is 2.13. The molecule has 0 aliphatic heterocycles. The molecule has 0 spiro atoms. The summed E-state index contributed by atoms with van der Waals surface area (Å²) in [6.45, 7) is 3.33. The molecule has 0 aliphatic rings. The molecule has 0 fully saturated rings. The van der Waals surface area contributed by atoms with Gasteiger partial charge in [0.25, 0.3) is 0 Å². The second kappa shape index (κ2) is 13.9. The highest BCUT2D eigenvalue weighted by molar-refractivity contribution is 5.82. The first kappa shape index (κ1) is 23.1. The molecule has 0 unspecified atom stereocenters. The average Bonchev–Trinajstić information content (AvgIpc) is 2.77. The summed E-state index contributed by atoms with van der Waals surface area (Å²) in [6, 6.07) is 17.5. The van der Waals surface area contributed by atoms with Crippen molar-refractivity contribution < 1.29 is 14.3 Å². The van der Waals surface area contributed by atoms with Gasteiger partial charge in [-0.05, 0) is 54.7 Å². The number of carbonyl (C=O) groups excluding carboxylic acids is 2. The molecule has 0 saturated heterocycles. The van der Waals surface area contributed by atoms with Gasteiger partial charge >= 0.3 is 0 Å². The van der Waals surface area contributed by atoms with Crippen molar-refractivity contribution >= 4 is 18.0 Å². The summed E-state index contributed by atoms with van der Waals surface area (Å²) in [4.78, 5) is 23.4. The van der Waals surface area contributed by atoms with Crippen LogP contribution in [0.4, 0.5) is 0 Å². The van der Waals surface area contributed by atoms with Crippen LogP contribution >= 0.6 is 0 Å². The van der Waals surface area contributed by atoms with Gasteiger partial charge in [0.15, 0.2) is 0 Å². The SMILES string of the molecule is CCCCNC(=O)CCCCC(=O)N/N=C\c1ccc(OCc2ccccc2)cc1. The molecule has 2 N–H and O–H groups in total. The van der Waals surface area contributed by atoms with Crippen LogP contribution in [0.2, 0.25) is 0 Å². The molecule has 2 rings (SSSR count). The molecule has 0 aromatic heterocycles. The Morgan fingerprint density at radius 3 is 2.33 bits per heavy atom. The fourth-order valence-electron chi connectivity index (χ4n) is 2.69. The Hall–Kier alpha value is -3.15. The Balaban J connectivity index is 1.60. The molecule has 0 radical (unpaired) electrons. The maximum Gasteiger partial charge on any atom is 0.240 e. The van der Waals surface area contributed by atoms with Crippen LogP contribution in [0.3, 0.4) is 0 Å². The zero-order valence-corrected chi connectivity index (χ0v) is 17.6. The van der Waals surface area contributed by atoms with Crippen molar-refractivity contribution in [3.8, 4) is 5.75 Å². The van der Waals surface area contributed by atoms with Crippen molar-refractivity contribution in [3.05, 3.63) is 65.7 Å². The predicted molar refractivity (Wildman–Crippen MR) is 119 cm³/mol. The van der Waals surface area contributed by atoms with Crippen LogP contribution in [0.15, 0.2) is 59.7 Å². The first-order valence-corrected chi connectivity index (χ1v) is 10.5. The molecular formula is C24H31N3O3. The number of benzene rings is 2. The molecule has 30 heavy (non-hydrogen) atoms. The molecule has 2 aromatic rings. The van der Waals surface area contributed by atoms with Crippen LogP contribution in [0.1, 0.15) is 56.6 Å². The smallest absolute Gasteiger partial charge is 0.240 e. The van der Waals surface area contributed by atoms with Crippen molar-refractivity contribution in [1.82, 2.24) is 10.7 Å². The first-order chi connectivity index (χ1) is 14.7. The molecule has 6 nitrogen and oxygen atoms in total. The van der Waals surface area contributed by atoms with Gasteiger partial charge in [0.05, 0.1) is 6.21 Å². The molecule has 0 saturated carbocycles. The molecule has 0 aliphatic carbocycles. The van der Waals surface area contributed by atoms with Crippen molar-refractivity contribution in [2.75, 3.05) is 6.54 Å². The topological polar surface area (TPSA) is 79.8 Å². The molecule has 2 aromatic carbocycles. The number of carbonyl (C=O) groups is 2. The standard InChI is InChI=1S/C24H31N3O3/c1-2-3-17-25-23(28)11-7-8-12-24(29)27-26-18-20-13-15-22(16-14-20)30-19-21-9-5-4-6-10-21/h4-6,9-10,13-16,18H,2-3,7-8,11-12,17,19H2,1H3,(H,25,28)(H,27,29)/b26-18-. The summed E-state index contributed by atoms with van der Waals surface area (Å²) < 4.78 is 5.75. The number of amides is 2. The summed E-state index contributed by atoms with van der Waals surface area (Å²) in [5, 5.41) is 6.86. The van der Waals surface area contributed by atoms with E-state index in [0.29, 0.717) is 32.3 Å². The lowest BCUT2D eigenvalue weighted by Crippen LogP contribution is -2.24. The van der Waals surface area contributed by atoms with Crippen molar-refractivity contribution in [2.24, 2.45) is 5.10 Å². The average molecular weight is 410 g/mol. The van der Waals surface area contributed by atoms with E-state index in [1.165, 1.54) is 0 Å². The molecule has 0 atom stereocenters. The van der Waals surface area contributed by atoms with E-state index >= 15 is 0 Å². The zero-order valence-electron chi connectivity index (χ0n) is 17.6. The third-order valence-electron chi connectivity index (χ3n) is 4.44. The molecule has 0 heterocycles. The highest BCUT2D eigenvalue weighted by atomic mass is 16.5. The van der Waals surface area contributed by atoms with Gasteiger partial charge in [-0.1, -0.05) is 43.7 Å². The number of nitrogens with zero attached hydrogens (tertiary/aromatic N) is 1. The fraction of sp³-hybridized carbons (Fsp3) is 0.375. The number of hydrogen-bond donors (Lipinski definition) is 2. The number of hydrogen-bond acceptors (Lipinski definition) is 4. The Morgan fingerprint density at radius 1 is 0.933 bits per heavy atom. The van der Waals surface area contributed by atoms with Gasteiger partial charge in [0.1, 0.15) is 12.4 Å². The van der Waals surface area contributed by atoms with Crippen molar-refractivity contribution in [3.63, 3.8) is 0 Å². The summed E-state index contributed by atoms with van der Waals surface area (Å²) in [6.07, 6.45) is 5.82. The van der Waals surface area contributed by atoms with E-state index in [1.807, 2.05) is 54.6 Å². The monoisotopic (exact) mass is 409 g/mol. The van der Waals surface area contributed by atoms with Gasteiger partial charge in [0, 0.05) is 19.4 Å². The van der Waals surface area contributed by atoms with Gasteiger partial charge < -0.3 is 10.1 Å². The first-order valence-electron chi connectivity index (χ1n) is 10.5. The Labute approximate surface area is 178 Å². The minimum Gasteiger partial charge on any atom is -0.489 e. The summed E-state index contributed by atoms with van der Waals surface area (Å²) in [5.74, 6) is 0.678. The molecule has 6 heteroatoms. The van der Waals surface area contributed by atoms with Crippen LogP contribution in [0.25, 0.3) is 0 Å². The number of nitrogens with one attached hydrogen (secondary N) is 2. The Morgan fingerprint density at radius 2 is 1.63 bits per heavy atom. The largest absolute Gasteiger partial charge is 0.489 e. The lowest BCUT2D eigenvalue weighted by atomic mass is 10.2. The van der Waals surface area contributed by atoms with Gasteiger partial charge in [-0.25, -0.2) is 5.43 Å².